The zero-order valence-electron chi connectivity index (χ0n) is 16.8. The number of esters is 2. The molecule has 0 aliphatic carbocycles. The van der Waals surface area contributed by atoms with Crippen molar-refractivity contribution < 1.29 is 38.5 Å². The second-order valence-corrected chi connectivity index (χ2v) is 5.67. The van der Waals surface area contributed by atoms with Crippen molar-refractivity contribution in [3.63, 3.8) is 0 Å². The van der Waals surface area contributed by atoms with Gasteiger partial charge in [0, 0.05) is 27.4 Å². The fourth-order valence-electron chi connectivity index (χ4n) is 1.42. The average molecular weight is 424 g/mol. The van der Waals surface area contributed by atoms with Gasteiger partial charge in [0.25, 0.3) is 6.79 Å². The van der Waals surface area contributed by atoms with Crippen LogP contribution in [-0.4, -0.2) is 85.9 Å². The van der Waals surface area contributed by atoms with Crippen molar-refractivity contribution in [1.29, 1.82) is 0 Å². The first-order chi connectivity index (χ1) is 13.5. The number of hydrogen-bond acceptors (Lipinski definition) is 13. The lowest BCUT2D eigenvalue weighted by molar-refractivity contribution is -0.700. The van der Waals surface area contributed by atoms with Gasteiger partial charge >= 0.3 is 11.9 Å². The number of hydrogen-bond donors (Lipinski definition) is 2. The van der Waals surface area contributed by atoms with E-state index >= 15 is 0 Å². The van der Waals surface area contributed by atoms with Crippen LogP contribution in [0.2, 0.25) is 0 Å². The average Bonchev–Trinajstić information content (AvgIpc) is 2.64. The number of nitrogens with one attached hydrogen (secondary N) is 2. The first-order valence-corrected chi connectivity index (χ1v) is 8.13. The highest BCUT2D eigenvalue weighted by Crippen LogP contribution is 2.03. The van der Waals surface area contributed by atoms with Crippen LogP contribution in [0.5, 0.6) is 0 Å². The zero-order chi connectivity index (χ0) is 22.4. The summed E-state index contributed by atoms with van der Waals surface area (Å²) >= 11 is 0. The van der Waals surface area contributed by atoms with E-state index in [1.807, 2.05) is 5.59 Å². The van der Waals surface area contributed by atoms with Crippen molar-refractivity contribution in [2.45, 2.75) is 25.8 Å². The van der Waals surface area contributed by atoms with Crippen LogP contribution in [-0.2, 0) is 33.5 Å². The van der Waals surface area contributed by atoms with Gasteiger partial charge in [0.15, 0.2) is 0 Å². The van der Waals surface area contributed by atoms with Crippen LogP contribution in [0.25, 0.3) is 0 Å². The summed E-state index contributed by atoms with van der Waals surface area (Å²) in [6, 6.07) is -1.16. The van der Waals surface area contributed by atoms with Gasteiger partial charge in [-0.2, -0.15) is 5.01 Å². The number of carbonyl (C=O) groups is 3. The number of nitrogens with zero attached hydrogens (tertiary/aromatic N) is 5. The van der Waals surface area contributed by atoms with Gasteiger partial charge in [-0.1, -0.05) is 0 Å². The Hall–Kier alpha value is -2.79. The van der Waals surface area contributed by atoms with Crippen molar-refractivity contribution in [2.24, 2.45) is 5.28 Å². The van der Waals surface area contributed by atoms with Gasteiger partial charge in [0.2, 0.25) is 18.0 Å². The van der Waals surface area contributed by atoms with Crippen molar-refractivity contribution in [3.8, 4) is 0 Å². The fourth-order valence-corrected chi connectivity index (χ4v) is 1.42. The Balaban J connectivity index is 4.32. The van der Waals surface area contributed by atoms with Crippen LogP contribution in [0.3, 0.4) is 0 Å². The molecule has 1 unspecified atom stereocenters. The molecule has 0 aromatic heterocycles. The lowest BCUT2D eigenvalue weighted by Gasteiger charge is -2.33. The molecule has 1 amide bonds. The molecule has 0 aromatic carbocycles. The summed E-state index contributed by atoms with van der Waals surface area (Å²) in [5, 5.41) is 30.0. The Kier molecular flexibility index (Phi) is 12.9. The molecule has 16 heteroatoms. The predicted molar refractivity (Wildman–Crippen MR) is 92.7 cm³/mol. The molecular formula is C13H26N7O9-. The van der Waals surface area contributed by atoms with E-state index in [1.165, 1.54) is 35.1 Å². The third kappa shape index (κ3) is 13.1. The predicted octanol–water partition coefficient (Wildman–Crippen LogP) is -1.64. The van der Waals surface area contributed by atoms with Gasteiger partial charge in [-0.05, 0) is 6.42 Å². The van der Waals surface area contributed by atoms with Crippen LogP contribution >= 0.6 is 0 Å². The Labute approximate surface area is 166 Å². The lowest BCUT2D eigenvalue weighted by Crippen LogP contribution is -2.43. The molecule has 0 radical (unpaired) electrons. The summed E-state index contributed by atoms with van der Waals surface area (Å²) in [4.78, 5) is 44.1. The van der Waals surface area contributed by atoms with Crippen molar-refractivity contribution >= 4 is 17.8 Å². The summed E-state index contributed by atoms with van der Waals surface area (Å²) in [7, 11) is 5.74. The van der Waals surface area contributed by atoms with Crippen LogP contribution < -0.4 is 10.9 Å². The summed E-state index contributed by atoms with van der Waals surface area (Å²) in [6.45, 7) is -0.0631. The van der Waals surface area contributed by atoms with Gasteiger partial charge in [-0.25, -0.2) is 19.9 Å². The number of rotatable bonds is 14. The Morgan fingerprint density at radius 3 is 2.34 bits per heavy atom. The van der Waals surface area contributed by atoms with Crippen LogP contribution in [0.1, 0.15) is 19.8 Å². The smallest absolute Gasteiger partial charge is 0.331 e. The first kappa shape index (κ1) is 26.2. The number of amides is 1. The first-order valence-electron chi connectivity index (χ1n) is 8.13. The molecule has 0 heterocycles. The third-order valence-corrected chi connectivity index (χ3v) is 2.81. The summed E-state index contributed by atoms with van der Waals surface area (Å²) in [5.74, 6) is -2.19. The van der Waals surface area contributed by atoms with E-state index in [0.29, 0.717) is 0 Å². The Morgan fingerprint density at radius 1 is 1.14 bits per heavy atom. The van der Waals surface area contributed by atoms with Gasteiger partial charge in [0.05, 0.1) is 19.1 Å². The van der Waals surface area contributed by atoms with Gasteiger partial charge in [-0.3, -0.25) is 9.59 Å². The maximum atomic E-state index is 12.0. The van der Waals surface area contributed by atoms with Crippen LogP contribution in [0.15, 0.2) is 5.28 Å². The topological polar surface area (TPSA) is 183 Å². The highest BCUT2D eigenvalue weighted by molar-refractivity contribution is 5.83. The van der Waals surface area contributed by atoms with Crippen LogP contribution in [0, 0.1) is 10.4 Å². The Morgan fingerprint density at radius 2 is 1.79 bits per heavy atom. The molecule has 168 valence electrons. The maximum Gasteiger partial charge on any atom is 0.331 e. The SMILES string of the molecule is CC(=O)NC(CCC(=O)OCONN([O-])N(C)C)C(=O)OCO/N=[N+](\[O-])N(C)C. The summed E-state index contributed by atoms with van der Waals surface area (Å²) in [6.07, 6.45) is -0.406. The minimum absolute atomic E-state index is 0.108. The van der Waals surface area contributed by atoms with Crippen molar-refractivity contribution in [3.05, 3.63) is 10.4 Å². The Bertz CT molecular complexity index is 559. The molecule has 16 nitrogen and oxygen atoms in total. The highest BCUT2D eigenvalue weighted by Gasteiger charge is 2.23. The molecule has 0 spiro atoms. The standard InChI is InChI=1S/C13H26N7O9/c1-10(21)14-11(13(23)27-9-29-16-20(25)18(4)5)6-7-12(22)26-8-28-15-19(24)17(2)3/h11,15H,6-9H2,1-5H3,(H,14,21)/q-1/b20-16-. The maximum absolute atomic E-state index is 12.0. The molecule has 0 saturated carbocycles. The normalized spacial score (nSPS) is 12.5. The monoisotopic (exact) mass is 424 g/mol. The molecule has 1 atom stereocenters. The van der Waals surface area contributed by atoms with Crippen LogP contribution in [0.4, 0.5) is 0 Å². The quantitative estimate of drug-likeness (QED) is 0.0808. The fraction of sp³-hybridized carbons (Fsp3) is 0.769. The molecule has 29 heavy (non-hydrogen) atoms. The third-order valence-electron chi connectivity index (χ3n) is 2.81. The molecular weight excluding hydrogens is 398 g/mol. The molecule has 0 aliphatic heterocycles. The second-order valence-electron chi connectivity index (χ2n) is 5.67. The van der Waals surface area contributed by atoms with E-state index in [-0.39, 0.29) is 23.1 Å². The molecule has 0 aromatic rings. The lowest BCUT2D eigenvalue weighted by atomic mass is 10.1. The van der Waals surface area contributed by atoms with E-state index in [4.69, 9.17) is 9.47 Å². The number of ether oxygens (including phenoxy) is 2. The van der Waals surface area contributed by atoms with E-state index < -0.39 is 37.5 Å². The minimum atomic E-state index is -1.16. The van der Waals surface area contributed by atoms with E-state index in [9.17, 15) is 24.8 Å². The number of carbonyl (C=O) groups excluding carboxylic acids is 3. The largest absolute Gasteiger partial charge is 0.756 e. The molecule has 2 N–H and O–H groups in total. The summed E-state index contributed by atoms with van der Waals surface area (Å²) < 4.78 is 9.43. The molecule has 0 rings (SSSR count). The summed E-state index contributed by atoms with van der Waals surface area (Å²) in [5.41, 5.74) is 1.93. The molecule has 0 fully saturated rings. The minimum Gasteiger partial charge on any atom is -0.756 e. The van der Waals surface area contributed by atoms with Gasteiger partial charge in [-0.15, -0.1) is 5.59 Å². The highest BCUT2D eigenvalue weighted by atomic mass is 16.8. The van der Waals surface area contributed by atoms with Gasteiger partial charge in [0.1, 0.15) is 6.04 Å². The van der Waals surface area contributed by atoms with E-state index in [1.54, 1.807) is 0 Å². The van der Waals surface area contributed by atoms with E-state index in [2.05, 4.69) is 20.3 Å². The number of hydrazine groups is 3. The van der Waals surface area contributed by atoms with Gasteiger partial charge < -0.3 is 30.0 Å². The van der Waals surface area contributed by atoms with Crippen molar-refractivity contribution in [1.82, 2.24) is 26.2 Å². The second kappa shape index (κ2) is 14.2. The molecule has 0 aliphatic rings. The molecule has 0 bridgehead atoms. The van der Waals surface area contributed by atoms with E-state index in [0.717, 1.165) is 10.0 Å². The zero-order valence-corrected chi connectivity index (χ0v) is 16.8. The van der Waals surface area contributed by atoms with Crippen molar-refractivity contribution in [2.75, 3.05) is 41.8 Å². The molecule has 0 saturated heterocycles.